The minimum atomic E-state index is -2.38. The number of allylic oxidation sites excluding steroid dienone is 2. The molecule has 2 heteroatoms. The second-order valence-electron chi connectivity index (χ2n) is 8.81. The quantitative estimate of drug-likeness (QED) is 0.279. The largest absolute Gasteiger partial charge is 0.289 e. The second-order valence-corrected chi connectivity index (χ2v) is 12.2. The summed E-state index contributed by atoms with van der Waals surface area (Å²) in [5.41, 5.74) is 3.42. The minimum Gasteiger partial charge on any atom is -0.289 e. The summed E-state index contributed by atoms with van der Waals surface area (Å²) < 4.78 is 0. The van der Waals surface area contributed by atoms with Crippen LogP contribution < -0.4 is 15.9 Å². The van der Waals surface area contributed by atoms with E-state index in [1.54, 1.807) is 0 Å². The molecule has 0 spiro atoms. The van der Waals surface area contributed by atoms with Gasteiger partial charge in [-0.15, -0.1) is 0 Å². The molecule has 160 valence electrons. The number of rotatable bonds is 5. The highest BCUT2D eigenvalue weighted by Gasteiger charge is 2.40. The molecule has 0 amide bonds. The maximum absolute atomic E-state index is 14.3. The van der Waals surface area contributed by atoms with E-state index in [2.05, 4.69) is 91.0 Å². The van der Waals surface area contributed by atoms with Crippen molar-refractivity contribution in [3.63, 3.8) is 0 Å². The second kappa shape index (κ2) is 8.18. The predicted molar refractivity (Wildman–Crippen MR) is 142 cm³/mol. The molecule has 0 unspecified atom stereocenters. The van der Waals surface area contributed by atoms with Crippen molar-refractivity contribution in [3.05, 3.63) is 132 Å². The molecule has 6 rings (SSSR count). The van der Waals surface area contributed by atoms with E-state index in [1.165, 1.54) is 39.9 Å². The minimum absolute atomic E-state index is 0.143. The summed E-state index contributed by atoms with van der Waals surface area (Å²) in [4.78, 5) is 14.3. The van der Waals surface area contributed by atoms with Crippen LogP contribution in [0.2, 0.25) is 0 Å². The van der Waals surface area contributed by atoms with E-state index in [0.29, 0.717) is 5.92 Å². The Morgan fingerprint density at radius 3 is 1.73 bits per heavy atom. The molecule has 0 N–H and O–H groups in total. The van der Waals surface area contributed by atoms with Gasteiger partial charge < -0.3 is 0 Å². The Labute approximate surface area is 195 Å². The van der Waals surface area contributed by atoms with Crippen molar-refractivity contribution < 1.29 is 4.79 Å². The zero-order valence-corrected chi connectivity index (χ0v) is 19.3. The summed E-state index contributed by atoms with van der Waals surface area (Å²) in [5, 5.41) is 4.72. The zero-order valence-electron chi connectivity index (χ0n) is 18.4. The van der Waals surface area contributed by atoms with Gasteiger partial charge in [0.25, 0.3) is 0 Å². The lowest BCUT2D eigenvalue weighted by molar-refractivity contribution is 0.106. The first-order valence-electron chi connectivity index (χ1n) is 11.6. The average Bonchev–Trinajstić information content (AvgIpc) is 3.74. The molecule has 1 saturated carbocycles. The molecule has 1 aliphatic carbocycles. The SMILES string of the molecule is O=C(C1=P(c2ccccc2)(c2ccccc2)c2ccccc2C(C2CC2)=C1)c1ccccc1. The van der Waals surface area contributed by atoms with Gasteiger partial charge >= 0.3 is 0 Å². The van der Waals surface area contributed by atoms with Gasteiger partial charge in [-0.25, -0.2) is 0 Å². The van der Waals surface area contributed by atoms with Crippen molar-refractivity contribution in [1.82, 2.24) is 0 Å². The number of carbonyl (C=O) groups is 1. The predicted octanol–water partition coefficient (Wildman–Crippen LogP) is 5.84. The van der Waals surface area contributed by atoms with Crippen LogP contribution in [-0.4, -0.2) is 11.1 Å². The molecule has 1 fully saturated rings. The molecule has 2 aliphatic rings. The number of ketones is 1. The van der Waals surface area contributed by atoms with Crippen molar-refractivity contribution in [2.24, 2.45) is 5.92 Å². The van der Waals surface area contributed by atoms with Crippen LogP contribution in [0.25, 0.3) is 5.57 Å². The van der Waals surface area contributed by atoms with Crippen LogP contribution in [0.4, 0.5) is 0 Å². The normalized spacial score (nSPS) is 16.6. The molecule has 0 atom stereocenters. The van der Waals surface area contributed by atoms with Crippen LogP contribution in [0.1, 0.15) is 28.8 Å². The molecular formula is C31H25OP. The van der Waals surface area contributed by atoms with E-state index >= 15 is 0 Å². The lowest BCUT2D eigenvalue weighted by atomic mass is 9.97. The van der Waals surface area contributed by atoms with E-state index in [4.69, 9.17) is 0 Å². The standard InChI is InChI=1S/C31H25OP/c32-31(24-12-4-1-5-13-24)30-22-28(23-20-21-23)27-18-10-11-19-29(27)33(30,25-14-6-2-7-15-25)26-16-8-3-9-17-26/h1-19,22-23H,20-21H2. The number of hydrogen-bond donors (Lipinski definition) is 0. The van der Waals surface area contributed by atoms with Gasteiger partial charge in [0.1, 0.15) is 0 Å². The Balaban J connectivity index is 1.82. The molecule has 4 aromatic carbocycles. The summed E-state index contributed by atoms with van der Waals surface area (Å²) >= 11 is 0. The summed E-state index contributed by atoms with van der Waals surface area (Å²) in [6.45, 7) is -2.38. The van der Waals surface area contributed by atoms with Crippen molar-refractivity contribution in [2.75, 3.05) is 0 Å². The van der Waals surface area contributed by atoms with Gasteiger partial charge in [-0.2, -0.15) is 0 Å². The van der Waals surface area contributed by atoms with Gasteiger partial charge in [0.2, 0.25) is 0 Å². The highest BCUT2D eigenvalue weighted by Crippen LogP contribution is 2.54. The van der Waals surface area contributed by atoms with Crippen LogP contribution in [0.3, 0.4) is 0 Å². The molecular weight excluding hydrogens is 419 g/mol. The molecule has 0 aromatic heterocycles. The smallest absolute Gasteiger partial charge is 0.194 e. The Kier molecular flexibility index (Phi) is 5.01. The van der Waals surface area contributed by atoms with Crippen LogP contribution in [0, 0.1) is 5.92 Å². The van der Waals surface area contributed by atoms with Crippen LogP contribution >= 0.6 is 6.89 Å². The summed E-state index contributed by atoms with van der Waals surface area (Å²) in [6.07, 6.45) is 4.69. The Hall–Kier alpha value is -3.41. The van der Waals surface area contributed by atoms with Crippen LogP contribution in [0.5, 0.6) is 0 Å². The molecule has 0 radical (unpaired) electrons. The molecule has 1 heterocycles. The number of Topliss-reactive ketones (excluding diaryl/α,β-unsaturated/α-hetero) is 1. The molecule has 4 aromatic rings. The third kappa shape index (κ3) is 3.27. The Bertz CT molecular complexity index is 1370. The van der Waals surface area contributed by atoms with Gasteiger partial charge in [0.05, 0.1) is 0 Å². The third-order valence-corrected chi connectivity index (χ3v) is 11.1. The highest BCUT2D eigenvalue weighted by atomic mass is 31.2. The first kappa shape index (κ1) is 20.2. The summed E-state index contributed by atoms with van der Waals surface area (Å²) in [6, 6.07) is 40.0. The van der Waals surface area contributed by atoms with E-state index in [1.807, 2.05) is 30.3 Å². The zero-order chi connectivity index (χ0) is 22.3. The highest BCUT2D eigenvalue weighted by molar-refractivity contribution is 7.97. The van der Waals surface area contributed by atoms with Gasteiger partial charge in [-0.05, 0) is 58.8 Å². The summed E-state index contributed by atoms with van der Waals surface area (Å²) in [5.74, 6) is 0.697. The van der Waals surface area contributed by atoms with Crippen molar-refractivity contribution in [3.8, 4) is 0 Å². The molecule has 0 bridgehead atoms. The van der Waals surface area contributed by atoms with Gasteiger partial charge in [0.15, 0.2) is 5.78 Å². The first-order valence-corrected chi connectivity index (χ1v) is 13.4. The molecule has 1 nitrogen and oxygen atoms in total. The summed E-state index contributed by atoms with van der Waals surface area (Å²) in [7, 11) is 0. The maximum atomic E-state index is 14.3. The third-order valence-electron chi connectivity index (χ3n) is 6.80. The fourth-order valence-corrected chi connectivity index (χ4v) is 9.71. The topological polar surface area (TPSA) is 17.1 Å². The molecule has 1 aliphatic heterocycles. The number of fused-ring (bicyclic) bond motifs is 1. The van der Waals surface area contributed by atoms with E-state index < -0.39 is 6.89 Å². The maximum Gasteiger partial charge on any atom is 0.194 e. The number of benzene rings is 4. The molecule has 0 saturated heterocycles. The van der Waals surface area contributed by atoms with E-state index in [-0.39, 0.29) is 5.78 Å². The number of hydrogen-bond acceptors (Lipinski definition) is 1. The lowest BCUT2D eigenvalue weighted by Gasteiger charge is -2.36. The van der Waals surface area contributed by atoms with Crippen molar-refractivity contribution in [2.45, 2.75) is 12.8 Å². The van der Waals surface area contributed by atoms with E-state index in [0.717, 1.165) is 10.9 Å². The van der Waals surface area contributed by atoms with Gasteiger partial charge in [-0.1, -0.05) is 115 Å². The van der Waals surface area contributed by atoms with Crippen LogP contribution in [-0.2, 0) is 0 Å². The van der Waals surface area contributed by atoms with Crippen molar-refractivity contribution in [1.29, 1.82) is 0 Å². The van der Waals surface area contributed by atoms with Gasteiger partial charge in [-0.3, -0.25) is 4.79 Å². The molecule has 33 heavy (non-hydrogen) atoms. The fraction of sp³-hybridized carbons (Fsp3) is 0.0968. The first-order chi connectivity index (χ1) is 16.3. The average molecular weight is 445 g/mol. The number of carbonyl (C=O) groups excluding carboxylic acids is 1. The van der Waals surface area contributed by atoms with Crippen molar-refractivity contribution >= 4 is 39.4 Å². The Morgan fingerprint density at radius 2 is 1.15 bits per heavy atom. The monoisotopic (exact) mass is 444 g/mol. The van der Waals surface area contributed by atoms with Gasteiger partial charge in [0, 0.05) is 10.9 Å². The fourth-order valence-electron chi connectivity index (χ4n) is 5.16. The van der Waals surface area contributed by atoms with Crippen LogP contribution in [0.15, 0.2) is 121 Å². The lowest BCUT2D eigenvalue weighted by Crippen LogP contribution is -2.36. The van der Waals surface area contributed by atoms with E-state index in [9.17, 15) is 4.79 Å². The Morgan fingerprint density at radius 1 is 0.636 bits per heavy atom.